The molecular formula is C16H20N6O. The van der Waals surface area contributed by atoms with Crippen LogP contribution >= 0.6 is 0 Å². The molecule has 0 radical (unpaired) electrons. The van der Waals surface area contributed by atoms with Crippen molar-refractivity contribution in [3.63, 3.8) is 0 Å². The third kappa shape index (κ3) is 3.32. The van der Waals surface area contributed by atoms with Gasteiger partial charge in [-0.15, -0.1) is 0 Å². The normalized spacial score (nSPS) is 23.4. The quantitative estimate of drug-likeness (QED) is 0.793. The second-order valence-corrected chi connectivity index (χ2v) is 6.64. The molecule has 0 unspecified atom stereocenters. The van der Waals surface area contributed by atoms with Gasteiger partial charge in [0.15, 0.2) is 5.82 Å². The van der Waals surface area contributed by atoms with Crippen LogP contribution in [-0.2, 0) is 0 Å². The Labute approximate surface area is 134 Å². The SMILES string of the molecule is CC(C)Nc1nc(C#N)cc2cnc(NC3CC(C)(O)C3)nc12. The zero-order chi connectivity index (χ0) is 16.6. The van der Waals surface area contributed by atoms with E-state index in [1.165, 1.54) is 0 Å². The Morgan fingerprint density at radius 3 is 2.74 bits per heavy atom. The number of hydrogen-bond acceptors (Lipinski definition) is 7. The van der Waals surface area contributed by atoms with Crippen LogP contribution in [0, 0.1) is 11.3 Å². The maximum atomic E-state index is 9.80. The molecule has 2 aromatic heterocycles. The number of anilines is 2. The molecule has 0 amide bonds. The fourth-order valence-corrected chi connectivity index (χ4v) is 2.83. The van der Waals surface area contributed by atoms with Crippen molar-refractivity contribution in [2.45, 2.75) is 51.3 Å². The number of rotatable bonds is 4. The van der Waals surface area contributed by atoms with Gasteiger partial charge >= 0.3 is 0 Å². The van der Waals surface area contributed by atoms with Gasteiger partial charge in [-0.05, 0) is 39.7 Å². The van der Waals surface area contributed by atoms with Gasteiger partial charge in [-0.25, -0.2) is 15.0 Å². The lowest BCUT2D eigenvalue weighted by atomic mass is 9.77. The molecule has 1 saturated carbocycles. The summed E-state index contributed by atoms with van der Waals surface area (Å²) in [6.07, 6.45) is 3.05. The molecule has 0 bridgehead atoms. The van der Waals surface area contributed by atoms with Gasteiger partial charge in [0, 0.05) is 23.7 Å². The largest absolute Gasteiger partial charge is 0.390 e. The Hall–Kier alpha value is -2.46. The number of nitrogens with one attached hydrogen (secondary N) is 2. The summed E-state index contributed by atoms with van der Waals surface area (Å²) in [5.74, 6) is 1.09. The molecule has 1 fully saturated rings. The molecule has 0 spiro atoms. The van der Waals surface area contributed by atoms with E-state index in [0.717, 1.165) is 5.39 Å². The summed E-state index contributed by atoms with van der Waals surface area (Å²) in [4.78, 5) is 13.1. The highest BCUT2D eigenvalue weighted by Crippen LogP contribution is 2.33. The summed E-state index contributed by atoms with van der Waals surface area (Å²) >= 11 is 0. The molecule has 23 heavy (non-hydrogen) atoms. The van der Waals surface area contributed by atoms with Crippen LogP contribution in [-0.4, -0.2) is 37.7 Å². The van der Waals surface area contributed by atoms with E-state index >= 15 is 0 Å². The zero-order valence-electron chi connectivity index (χ0n) is 13.5. The third-order valence-electron chi connectivity index (χ3n) is 3.81. The third-order valence-corrected chi connectivity index (χ3v) is 3.81. The first-order chi connectivity index (χ1) is 10.9. The van der Waals surface area contributed by atoms with Crippen molar-refractivity contribution in [3.05, 3.63) is 18.0 Å². The molecule has 1 aliphatic carbocycles. The van der Waals surface area contributed by atoms with Gasteiger partial charge in [0.05, 0.1) is 5.60 Å². The minimum atomic E-state index is -0.595. The first-order valence-corrected chi connectivity index (χ1v) is 7.70. The van der Waals surface area contributed by atoms with Crippen molar-refractivity contribution in [3.8, 4) is 6.07 Å². The Balaban J connectivity index is 1.92. The Bertz CT molecular complexity index is 772. The van der Waals surface area contributed by atoms with Crippen LogP contribution in [0.1, 0.15) is 39.3 Å². The van der Waals surface area contributed by atoms with Crippen LogP contribution in [0.4, 0.5) is 11.8 Å². The second kappa shape index (κ2) is 5.63. The molecule has 0 aliphatic heterocycles. The van der Waals surface area contributed by atoms with E-state index in [0.29, 0.717) is 35.8 Å². The van der Waals surface area contributed by atoms with Gasteiger partial charge < -0.3 is 15.7 Å². The molecule has 0 atom stereocenters. The van der Waals surface area contributed by atoms with Crippen LogP contribution in [0.2, 0.25) is 0 Å². The lowest BCUT2D eigenvalue weighted by Gasteiger charge is -2.41. The Morgan fingerprint density at radius 1 is 1.39 bits per heavy atom. The summed E-state index contributed by atoms with van der Waals surface area (Å²) in [6.45, 7) is 5.83. The number of nitriles is 1. The monoisotopic (exact) mass is 312 g/mol. The fourth-order valence-electron chi connectivity index (χ4n) is 2.83. The Kier molecular flexibility index (Phi) is 3.78. The van der Waals surface area contributed by atoms with Gasteiger partial charge in [-0.2, -0.15) is 5.26 Å². The highest BCUT2D eigenvalue weighted by Gasteiger charge is 2.38. The van der Waals surface area contributed by atoms with Crippen LogP contribution < -0.4 is 10.6 Å². The summed E-state index contributed by atoms with van der Waals surface area (Å²) in [6, 6.07) is 4.09. The topological polar surface area (TPSA) is 107 Å². The van der Waals surface area contributed by atoms with E-state index in [4.69, 9.17) is 5.26 Å². The van der Waals surface area contributed by atoms with Crippen molar-refractivity contribution < 1.29 is 5.11 Å². The molecule has 0 aromatic carbocycles. The number of nitrogens with zero attached hydrogens (tertiary/aromatic N) is 4. The molecule has 3 N–H and O–H groups in total. The number of aromatic nitrogens is 3. The number of fused-ring (bicyclic) bond motifs is 1. The molecule has 0 saturated heterocycles. The average molecular weight is 312 g/mol. The first-order valence-electron chi connectivity index (χ1n) is 7.70. The predicted octanol–water partition coefficient (Wildman–Crippen LogP) is 2.04. The van der Waals surface area contributed by atoms with Crippen molar-refractivity contribution >= 4 is 22.7 Å². The fraction of sp³-hybridized carbons (Fsp3) is 0.500. The van der Waals surface area contributed by atoms with Crippen LogP contribution in [0.5, 0.6) is 0 Å². The maximum Gasteiger partial charge on any atom is 0.223 e. The molecule has 1 aliphatic rings. The van der Waals surface area contributed by atoms with Crippen molar-refractivity contribution in [2.24, 2.45) is 0 Å². The van der Waals surface area contributed by atoms with Gasteiger partial charge in [-0.3, -0.25) is 0 Å². The standard InChI is InChI=1S/C16H20N6O/c1-9(2)19-14-13-10(4-11(7-17)20-14)8-18-15(22-13)21-12-5-16(3,23)6-12/h4,8-9,12,23H,5-6H2,1-3H3,(H,19,20)(H,18,21,22). The summed E-state index contributed by atoms with van der Waals surface area (Å²) < 4.78 is 0. The van der Waals surface area contributed by atoms with Gasteiger partial charge in [0.25, 0.3) is 0 Å². The average Bonchev–Trinajstić information content (AvgIpc) is 2.45. The summed E-state index contributed by atoms with van der Waals surface area (Å²) in [5.41, 5.74) is 0.420. The maximum absolute atomic E-state index is 9.80. The molecule has 7 heteroatoms. The van der Waals surface area contributed by atoms with Crippen molar-refractivity contribution in [1.82, 2.24) is 15.0 Å². The highest BCUT2D eigenvalue weighted by atomic mass is 16.3. The Morgan fingerprint density at radius 2 is 2.13 bits per heavy atom. The van der Waals surface area contributed by atoms with E-state index in [2.05, 4.69) is 31.7 Å². The second-order valence-electron chi connectivity index (χ2n) is 6.64. The van der Waals surface area contributed by atoms with Crippen molar-refractivity contribution in [1.29, 1.82) is 5.26 Å². The molecule has 120 valence electrons. The minimum absolute atomic E-state index is 0.174. The van der Waals surface area contributed by atoms with E-state index < -0.39 is 5.60 Å². The van der Waals surface area contributed by atoms with Crippen molar-refractivity contribution in [2.75, 3.05) is 10.6 Å². The molecule has 2 aromatic rings. The lowest BCUT2D eigenvalue weighted by molar-refractivity contribution is -0.0235. The van der Waals surface area contributed by atoms with Gasteiger partial charge in [0.2, 0.25) is 5.95 Å². The van der Waals surface area contributed by atoms with Gasteiger partial charge in [0.1, 0.15) is 17.3 Å². The number of aliphatic hydroxyl groups is 1. The van der Waals surface area contributed by atoms with Crippen LogP contribution in [0.15, 0.2) is 12.3 Å². The predicted molar refractivity (Wildman–Crippen MR) is 88.1 cm³/mol. The number of pyridine rings is 1. The van der Waals surface area contributed by atoms with E-state index in [9.17, 15) is 5.11 Å². The molecule has 3 rings (SSSR count). The van der Waals surface area contributed by atoms with Gasteiger partial charge in [-0.1, -0.05) is 0 Å². The summed E-state index contributed by atoms with van der Waals surface area (Å²) in [5, 5.41) is 26.1. The van der Waals surface area contributed by atoms with Crippen LogP contribution in [0.3, 0.4) is 0 Å². The minimum Gasteiger partial charge on any atom is -0.390 e. The van der Waals surface area contributed by atoms with E-state index in [1.807, 2.05) is 20.8 Å². The van der Waals surface area contributed by atoms with E-state index in [-0.39, 0.29) is 12.1 Å². The zero-order valence-corrected chi connectivity index (χ0v) is 13.5. The molecule has 2 heterocycles. The molecule has 7 nitrogen and oxygen atoms in total. The molecular weight excluding hydrogens is 292 g/mol. The van der Waals surface area contributed by atoms with E-state index in [1.54, 1.807) is 12.3 Å². The van der Waals surface area contributed by atoms with Crippen LogP contribution in [0.25, 0.3) is 10.9 Å². The number of hydrogen-bond donors (Lipinski definition) is 3. The lowest BCUT2D eigenvalue weighted by Crippen LogP contribution is -2.48. The highest BCUT2D eigenvalue weighted by molar-refractivity contribution is 5.89. The smallest absolute Gasteiger partial charge is 0.223 e. The first kappa shape index (κ1) is 15.4. The summed E-state index contributed by atoms with van der Waals surface area (Å²) in [7, 11) is 0.